The molecule has 0 amide bonds. The topological polar surface area (TPSA) is 57.5 Å². The second kappa shape index (κ2) is 19.3. The fourth-order valence-electron chi connectivity index (χ4n) is 2.00. The number of hydrogen-bond acceptors (Lipinski definition) is 2. The normalized spacial score (nSPS) is 12.3. The minimum atomic E-state index is -0.819. The molecule has 0 aliphatic carbocycles. The van der Waals surface area contributed by atoms with Gasteiger partial charge in [-0.15, -0.1) is 0 Å². The molecular formula is C21H36O3. The summed E-state index contributed by atoms with van der Waals surface area (Å²) in [4.78, 5) is 10.3. The molecule has 2 N–H and O–H groups in total. The van der Waals surface area contributed by atoms with E-state index >= 15 is 0 Å². The first-order valence-corrected chi connectivity index (χ1v) is 8.71. The number of aliphatic hydroxyl groups excluding tert-OH is 1. The van der Waals surface area contributed by atoms with Gasteiger partial charge in [-0.3, -0.25) is 4.79 Å². The second-order valence-electron chi connectivity index (χ2n) is 5.56. The van der Waals surface area contributed by atoms with Crippen LogP contribution in [0.4, 0.5) is 0 Å². The van der Waals surface area contributed by atoms with E-state index in [4.69, 9.17) is 5.11 Å². The van der Waals surface area contributed by atoms with Gasteiger partial charge in [-0.25, -0.2) is 0 Å². The van der Waals surface area contributed by atoms with E-state index in [1.165, 1.54) is 25.7 Å². The highest BCUT2D eigenvalue weighted by molar-refractivity contribution is 5.66. The largest absolute Gasteiger partial charge is 0.513 e. The first-order chi connectivity index (χ1) is 11.2. The van der Waals surface area contributed by atoms with Crippen molar-refractivity contribution < 1.29 is 15.0 Å². The van der Waals surface area contributed by atoms with Crippen LogP contribution >= 0.6 is 0 Å². The monoisotopic (exact) mass is 336 g/mol. The van der Waals surface area contributed by atoms with Gasteiger partial charge in [0.2, 0.25) is 0 Å². The van der Waals surface area contributed by atoms with Gasteiger partial charge in [-0.05, 0) is 44.6 Å². The number of allylic oxidation sites excluding steroid dienone is 8. The summed E-state index contributed by atoms with van der Waals surface area (Å²) >= 11 is 0. The van der Waals surface area contributed by atoms with E-state index in [-0.39, 0.29) is 19.6 Å². The highest BCUT2D eigenvalue weighted by Crippen LogP contribution is 2.06. The molecule has 24 heavy (non-hydrogen) atoms. The summed E-state index contributed by atoms with van der Waals surface area (Å²) in [5, 5.41) is 18.1. The van der Waals surface area contributed by atoms with Crippen LogP contribution in [0.25, 0.3) is 0 Å². The third-order valence-electron chi connectivity index (χ3n) is 3.33. The highest BCUT2D eigenvalue weighted by atomic mass is 16.4. The number of carboxylic acids is 1. The van der Waals surface area contributed by atoms with Gasteiger partial charge in [0.1, 0.15) is 0 Å². The van der Waals surface area contributed by atoms with Crippen LogP contribution in [-0.2, 0) is 4.79 Å². The van der Waals surface area contributed by atoms with Crippen molar-refractivity contribution in [2.24, 2.45) is 0 Å². The maximum Gasteiger partial charge on any atom is 0.303 e. The fourth-order valence-corrected chi connectivity index (χ4v) is 2.00. The Hall–Kier alpha value is -1.77. The molecule has 0 aromatic heterocycles. The first kappa shape index (κ1) is 24.5. The molecule has 0 heterocycles. The van der Waals surface area contributed by atoms with Gasteiger partial charge in [0.05, 0.1) is 5.76 Å². The van der Waals surface area contributed by atoms with Crippen LogP contribution in [-0.4, -0.2) is 16.2 Å². The number of carboxylic acid groups (broad SMARTS) is 1. The third-order valence-corrected chi connectivity index (χ3v) is 3.33. The molecule has 0 saturated carbocycles. The number of hydrogen-bond donors (Lipinski definition) is 2. The second-order valence-corrected chi connectivity index (χ2v) is 5.56. The Morgan fingerprint density at radius 2 is 1.38 bits per heavy atom. The molecule has 0 aliphatic rings. The minimum Gasteiger partial charge on any atom is -0.513 e. The van der Waals surface area contributed by atoms with Crippen molar-refractivity contribution in [3.8, 4) is 0 Å². The average Bonchev–Trinajstić information content (AvgIpc) is 2.51. The van der Waals surface area contributed by atoms with Gasteiger partial charge >= 0.3 is 5.97 Å². The Bertz CT molecular complexity index is 403. The van der Waals surface area contributed by atoms with Crippen molar-refractivity contribution in [2.75, 3.05) is 0 Å². The molecule has 0 radical (unpaired) electrons. The van der Waals surface area contributed by atoms with Crippen LogP contribution in [0.1, 0.15) is 78.6 Å². The maximum absolute atomic E-state index is 10.3. The van der Waals surface area contributed by atoms with Crippen LogP contribution in [0.2, 0.25) is 0 Å². The molecule has 0 aromatic carbocycles. The quantitative estimate of drug-likeness (QED) is 0.210. The third kappa shape index (κ3) is 20.2. The lowest BCUT2D eigenvalue weighted by molar-refractivity contribution is -0.137. The molecule has 0 aliphatic heterocycles. The van der Waals surface area contributed by atoms with E-state index in [0.29, 0.717) is 19.3 Å². The van der Waals surface area contributed by atoms with Crippen molar-refractivity contribution >= 4 is 5.97 Å². The lowest BCUT2D eigenvalue weighted by atomic mass is 10.2. The van der Waals surface area contributed by atoms with E-state index in [1.54, 1.807) is 6.08 Å². The summed E-state index contributed by atoms with van der Waals surface area (Å²) in [6.07, 6.45) is 23.3. The van der Waals surface area contributed by atoms with Crippen LogP contribution < -0.4 is 0 Å². The fraction of sp³-hybridized carbons (Fsp3) is 0.571. The summed E-state index contributed by atoms with van der Waals surface area (Å²) in [5.74, 6) is -0.542. The SMILES string of the molecule is C.CCCCC/C=C\C/C=C\C/C=C\C/C=C(/O)CCCC(=O)O. The van der Waals surface area contributed by atoms with Crippen molar-refractivity contribution in [3.05, 3.63) is 48.3 Å². The van der Waals surface area contributed by atoms with E-state index < -0.39 is 5.97 Å². The number of aliphatic carboxylic acids is 1. The van der Waals surface area contributed by atoms with Gasteiger partial charge < -0.3 is 10.2 Å². The predicted molar refractivity (Wildman–Crippen MR) is 104 cm³/mol. The molecule has 0 rings (SSSR count). The molecule has 0 aromatic rings. The molecule has 0 fully saturated rings. The molecule has 3 nitrogen and oxygen atoms in total. The Kier molecular flexibility index (Phi) is 19.7. The van der Waals surface area contributed by atoms with Crippen molar-refractivity contribution in [1.29, 1.82) is 0 Å². The molecule has 0 saturated heterocycles. The van der Waals surface area contributed by atoms with Crippen molar-refractivity contribution in [3.63, 3.8) is 0 Å². The van der Waals surface area contributed by atoms with Gasteiger partial charge in [-0.2, -0.15) is 0 Å². The van der Waals surface area contributed by atoms with Crippen LogP contribution in [0.3, 0.4) is 0 Å². The van der Waals surface area contributed by atoms with E-state index in [1.807, 2.05) is 6.08 Å². The number of unbranched alkanes of at least 4 members (excludes halogenated alkanes) is 3. The molecule has 0 unspecified atom stereocenters. The van der Waals surface area contributed by atoms with Crippen LogP contribution in [0.5, 0.6) is 0 Å². The standard InChI is InChI=1S/C20H32O3.CH4/c1-2-3-4-5-6-7-8-9-10-11-12-13-14-16-19(21)17-15-18-20(22)23;/h6-7,9-10,12-13,16,21H,2-5,8,11,14-15,17-18H2,1H3,(H,22,23);1H4/b7-6-,10-9-,13-12-,19-16+;. The summed E-state index contributed by atoms with van der Waals surface area (Å²) in [6, 6.07) is 0. The average molecular weight is 337 g/mol. The zero-order valence-corrected chi connectivity index (χ0v) is 14.4. The molecule has 0 spiro atoms. The molecular weight excluding hydrogens is 300 g/mol. The zero-order chi connectivity index (χ0) is 17.2. The summed E-state index contributed by atoms with van der Waals surface area (Å²) in [7, 11) is 0. The number of aliphatic hydroxyl groups is 1. The Morgan fingerprint density at radius 1 is 0.792 bits per heavy atom. The molecule has 0 atom stereocenters. The Morgan fingerprint density at radius 3 is 1.96 bits per heavy atom. The smallest absolute Gasteiger partial charge is 0.303 e. The highest BCUT2D eigenvalue weighted by Gasteiger charge is 1.98. The minimum absolute atomic E-state index is 0. The summed E-state index contributed by atoms with van der Waals surface area (Å²) in [5.41, 5.74) is 0. The van der Waals surface area contributed by atoms with Crippen molar-refractivity contribution in [1.82, 2.24) is 0 Å². The van der Waals surface area contributed by atoms with Crippen LogP contribution in [0.15, 0.2) is 48.3 Å². The van der Waals surface area contributed by atoms with Gasteiger partial charge in [0.15, 0.2) is 0 Å². The lowest BCUT2D eigenvalue weighted by Crippen LogP contribution is -1.94. The van der Waals surface area contributed by atoms with Crippen molar-refractivity contribution in [2.45, 2.75) is 78.6 Å². The number of carbonyl (C=O) groups is 1. The van der Waals surface area contributed by atoms with Crippen LogP contribution in [0, 0.1) is 0 Å². The van der Waals surface area contributed by atoms with E-state index in [2.05, 4.69) is 37.3 Å². The van der Waals surface area contributed by atoms with E-state index in [0.717, 1.165) is 12.8 Å². The van der Waals surface area contributed by atoms with Gasteiger partial charge in [-0.1, -0.05) is 63.6 Å². The molecule has 0 bridgehead atoms. The number of rotatable bonds is 14. The van der Waals surface area contributed by atoms with E-state index in [9.17, 15) is 9.90 Å². The predicted octanol–water partition coefficient (Wildman–Crippen LogP) is 6.74. The zero-order valence-electron chi connectivity index (χ0n) is 14.4. The summed E-state index contributed by atoms with van der Waals surface area (Å²) < 4.78 is 0. The first-order valence-electron chi connectivity index (χ1n) is 8.71. The maximum atomic E-state index is 10.3. The Balaban J connectivity index is 0. The lowest BCUT2D eigenvalue weighted by Gasteiger charge is -1.97. The molecule has 3 heteroatoms. The molecule has 138 valence electrons. The Labute approximate surface area is 148 Å². The van der Waals surface area contributed by atoms with Gasteiger partial charge in [0, 0.05) is 12.8 Å². The summed E-state index contributed by atoms with van der Waals surface area (Å²) in [6.45, 7) is 2.22. The van der Waals surface area contributed by atoms with Gasteiger partial charge in [0.25, 0.3) is 0 Å².